The maximum atomic E-state index is 13.5. The highest BCUT2D eigenvalue weighted by Gasteiger charge is 2.29. The predicted molar refractivity (Wildman–Crippen MR) is 63.7 cm³/mol. The summed E-state index contributed by atoms with van der Waals surface area (Å²) in [6, 6.07) is 3.91. The van der Waals surface area contributed by atoms with E-state index in [0.717, 1.165) is 12.8 Å². The lowest BCUT2D eigenvalue weighted by molar-refractivity contribution is -0.387. The number of nitrogens with two attached hydrogens (primary N) is 1. The van der Waals surface area contributed by atoms with Gasteiger partial charge in [0, 0.05) is 18.2 Å². The van der Waals surface area contributed by atoms with E-state index >= 15 is 0 Å². The Labute approximate surface area is 104 Å². The molecule has 2 rings (SSSR count). The summed E-state index contributed by atoms with van der Waals surface area (Å²) in [6.07, 6.45) is 2.15. The second-order valence-electron chi connectivity index (χ2n) is 4.74. The Morgan fingerprint density at radius 3 is 2.89 bits per heavy atom. The maximum absolute atomic E-state index is 13.5. The van der Waals surface area contributed by atoms with Gasteiger partial charge >= 0.3 is 5.69 Å². The lowest BCUT2D eigenvalue weighted by atomic mass is 9.87. The van der Waals surface area contributed by atoms with Crippen LogP contribution in [-0.4, -0.2) is 23.7 Å². The molecule has 0 aliphatic carbocycles. The first-order chi connectivity index (χ1) is 8.50. The van der Waals surface area contributed by atoms with Crippen LogP contribution >= 0.6 is 0 Å². The molecule has 0 radical (unpaired) electrons. The third kappa shape index (κ3) is 2.83. The van der Waals surface area contributed by atoms with Gasteiger partial charge in [-0.3, -0.25) is 10.1 Å². The predicted octanol–water partition coefficient (Wildman–Crippen LogP) is 1.78. The van der Waals surface area contributed by atoms with E-state index in [1.54, 1.807) is 6.07 Å². The minimum atomic E-state index is -0.821. The molecule has 1 aliphatic rings. The Kier molecular flexibility index (Phi) is 3.58. The van der Waals surface area contributed by atoms with Crippen LogP contribution in [0.5, 0.6) is 0 Å². The molecule has 2 N–H and O–H groups in total. The molecule has 0 amide bonds. The van der Waals surface area contributed by atoms with Crippen LogP contribution in [0, 0.1) is 15.9 Å². The summed E-state index contributed by atoms with van der Waals surface area (Å²) in [5.74, 6) is -0.821. The molecule has 5 nitrogen and oxygen atoms in total. The zero-order chi connectivity index (χ0) is 13.2. The van der Waals surface area contributed by atoms with Gasteiger partial charge < -0.3 is 10.5 Å². The van der Waals surface area contributed by atoms with Gasteiger partial charge in [-0.25, -0.2) is 0 Å². The molecule has 1 fully saturated rings. The number of nitrogens with zero attached hydrogens (tertiary/aromatic N) is 1. The fraction of sp³-hybridized carbons (Fsp3) is 0.500. The number of rotatable bonds is 3. The molecule has 98 valence electrons. The fourth-order valence-electron chi connectivity index (χ4n) is 2.23. The summed E-state index contributed by atoms with van der Waals surface area (Å²) in [6.45, 7) is 1.14. The molecule has 1 unspecified atom stereocenters. The molecule has 0 saturated carbocycles. The Morgan fingerprint density at radius 1 is 1.56 bits per heavy atom. The summed E-state index contributed by atoms with van der Waals surface area (Å²) in [5.41, 5.74) is 5.81. The first-order valence-electron chi connectivity index (χ1n) is 5.80. The van der Waals surface area contributed by atoms with Crippen LogP contribution in [0.15, 0.2) is 18.2 Å². The molecule has 0 bridgehead atoms. The number of ether oxygens (including phenoxy) is 1. The van der Waals surface area contributed by atoms with Crippen LogP contribution < -0.4 is 5.73 Å². The summed E-state index contributed by atoms with van der Waals surface area (Å²) < 4.78 is 18.8. The normalized spacial score (nSPS) is 23.9. The van der Waals surface area contributed by atoms with Gasteiger partial charge in [-0.05, 0) is 30.9 Å². The highest BCUT2D eigenvalue weighted by Crippen LogP contribution is 2.24. The van der Waals surface area contributed by atoms with E-state index in [1.165, 1.54) is 12.1 Å². The lowest BCUT2D eigenvalue weighted by Crippen LogP contribution is -2.49. The van der Waals surface area contributed by atoms with Crippen molar-refractivity contribution >= 4 is 5.69 Å². The fourth-order valence-corrected chi connectivity index (χ4v) is 2.23. The van der Waals surface area contributed by atoms with Gasteiger partial charge in [-0.15, -0.1) is 0 Å². The molecule has 1 aliphatic heterocycles. The van der Waals surface area contributed by atoms with Gasteiger partial charge in [-0.1, -0.05) is 6.07 Å². The van der Waals surface area contributed by atoms with Crippen molar-refractivity contribution in [3.05, 3.63) is 39.7 Å². The highest BCUT2D eigenvalue weighted by molar-refractivity contribution is 5.35. The topological polar surface area (TPSA) is 78.4 Å². The van der Waals surface area contributed by atoms with Crippen LogP contribution in [0.1, 0.15) is 18.4 Å². The highest BCUT2D eigenvalue weighted by atomic mass is 19.1. The average Bonchev–Trinajstić information content (AvgIpc) is 2.28. The molecule has 0 spiro atoms. The van der Waals surface area contributed by atoms with Crippen LogP contribution in [0.25, 0.3) is 0 Å². The minimum absolute atomic E-state index is 0.436. The molecule has 0 aromatic heterocycles. The lowest BCUT2D eigenvalue weighted by Gasteiger charge is -2.33. The summed E-state index contributed by atoms with van der Waals surface area (Å²) >= 11 is 0. The van der Waals surface area contributed by atoms with Gasteiger partial charge in [-0.2, -0.15) is 4.39 Å². The molecular weight excluding hydrogens is 239 g/mol. The van der Waals surface area contributed by atoms with Crippen molar-refractivity contribution in [2.75, 3.05) is 13.2 Å². The first kappa shape index (κ1) is 12.9. The third-order valence-corrected chi connectivity index (χ3v) is 3.12. The number of hydrogen-bond donors (Lipinski definition) is 1. The Balaban J connectivity index is 2.14. The summed E-state index contributed by atoms with van der Waals surface area (Å²) in [4.78, 5) is 9.77. The second kappa shape index (κ2) is 4.99. The van der Waals surface area contributed by atoms with Crippen LogP contribution in [0.4, 0.5) is 10.1 Å². The monoisotopic (exact) mass is 254 g/mol. The van der Waals surface area contributed by atoms with E-state index in [-0.39, 0.29) is 0 Å². The van der Waals surface area contributed by atoms with Crippen molar-refractivity contribution in [3.8, 4) is 0 Å². The van der Waals surface area contributed by atoms with E-state index < -0.39 is 22.0 Å². The van der Waals surface area contributed by atoms with E-state index in [1.807, 2.05) is 0 Å². The molecular formula is C12H15FN2O3. The van der Waals surface area contributed by atoms with E-state index in [2.05, 4.69) is 0 Å². The van der Waals surface area contributed by atoms with Gasteiger partial charge in [0.25, 0.3) is 0 Å². The molecule has 18 heavy (non-hydrogen) atoms. The maximum Gasteiger partial charge on any atom is 0.304 e. The largest absolute Gasteiger partial charge is 0.380 e. The van der Waals surface area contributed by atoms with Crippen molar-refractivity contribution in [3.63, 3.8) is 0 Å². The number of nitro benzene ring substituents is 1. The van der Waals surface area contributed by atoms with Gasteiger partial charge in [0.2, 0.25) is 5.82 Å². The zero-order valence-electron chi connectivity index (χ0n) is 9.89. The number of halogens is 1. The SMILES string of the molecule is NC1(Cc2ccc([N+](=O)[O-])c(F)c2)CCCOC1. The summed E-state index contributed by atoms with van der Waals surface area (Å²) in [5, 5.41) is 10.5. The molecule has 1 heterocycles. The summed E-state index contributed by atoms with van der Waals surface area (Å²) in [7, 11) is 0. The van der Waals surface area contributed by atoms with Crippen LogP contribution in [0.2, 0.25) is 0 Å². The third-order valence-electron chi connectivity index (χ3n) is 3.12. The van der Waals surface area contributed by atoms with Crippen molar-refractivity contribution < 1.29 is 14.1 Å². The van der Waals surface area contributed by atoms with Gasteiger partial charge in [0.1, 0.15) is 0 Å². The van der Waals surface area contributed by atoms with E-state index in [4.69, 9.17) is 10.5 Å². The molecule has 6 heteroatoms. The number of benzene rings is 1. The molecule has 1 aromatic rings. The van der Waals surface area contributed by atoms with Crippen LogP contribution in [0.3, 0.4) is 0 Å². The van der Waals surface area contributed by atoms with E-state index in [9.17, 15) is 14.5 Å². The minimum Gasteiger partial charge on any atom is -0.380 e. The van der Waals surface area contributed by atoms with Gasteiger partial charge in [0.05, 0.1) is 11.5 Å². The quantitative estimate of drug-likeness (QED) is 0.658. The van der Waals surface area contributed by atoms with Crippen molar-refractivity contribution in [2.24, 2.45) is 5.73 Å². The Hall–Kier alpha value is -1.53. The number of nitro groups is 1. The van der Waals surface area contributed by atoms with Crippen molar-refractivity contribution in [1.82, 2.24) is 0 Å². The molecule has 1 atom stereocenters. The zero-order valence-corrected chi connectivity index (χ0v) is 9.89. The second-order valence-corrected chi connectivity index (χ2v) is 4.74. The first-order valence-corrected chi connectivity index (χ1v) is 5.80. The standard InChI is InChI=1S/C12H15FN2O3/c13-10-6-9(2-3-11(10)15(16)17)7-12(14)4-1-5-18-8-12/h2-3,6H,1,4-5,7-8,14H2. The molecule has 1 saturated heterocycles. The Morgan fingerprint density at radius 2 is 2.33 bits per heavy atom. The van der Waals surface area contributed by atoms with Crippen molar-refractivity contribution in [2.45, 2.75) is 24.8 Å². The van der Waals surface area contributed by atoms with Crippen molar-refractivity contribution in [1.29, 1.82) is 0 Å². The van der Waals surface area contributed by atoms with E-state index in [0.29, 0.717) is 25.2 Å². The average molecular weight is 254 g/mol. The Bertz CT molecular complexity index is 459. The van der Waals surface area contributed by atoms with Crippen LogP contribution in [-0.2, 0) is 11.2 Å². The molecule has 1 aromatic carbocycles. The number of hydrogen-bond acceptors (Lipinski definition) is 4. The smallest absolute Gasteiger partial charge is 0.304 e. The van der Waals surface area contributed by atoms with Gasteiger partial charge in [0.15, 0.2) is 0 Å².